The SMILES string of the molecule is CCC(N)c1ccc(OC)c(OC2CCCC2)c1. The number of rotatable bonds is 5. The molecule has 1 aliphatic carbocycles. The molecule has 1 aromatic carbocycles. The summed E-state index contributed by atoms with van der Waals surface area (Å²) >= 11 is 0. The molecule has 2 N–H and O–H groups in total. The number of hydrogen-bond acceptors (Lipinski definition) is 3. The largest absolute Gasteiger partial charge is 0.493 e. The fourth-order valence-electron chi connectivity index (χ4n) is 2.44. The van der Waals surface area contributed by atoms with Gasteiger partial charge in [0.1, 0.15) is 0 Å². The van der Waals surface area contributed by atoms with Crippen LogP contribution >= 0.6 is 0 Å². The second-order valence-electron chi connectivity index (χ2n) is 4.95. The van der Waals surface area contributed by atoms with Crippen LogP contribution in [0.2, 0.25) is 0 Å². The van der Waals surface area contributed by atoms with Crippen LogP contribution in [0.25, 0.3) is 0 Å². The lowest BCUT2D eigenvalue weighted by molar-refractivity contribution is 0.200. The topological polar surface area (TPSA) is 44.5 Å². The molecule has 0 radical (unpaired) electrons. The van der Waals surface area contributed by atoms with Gasteiger partial charge in [-0.3, -0.25) is 0 Å². The quantitative estimate of drug-likeness (QED) is 0.869. The Morgan fingerprint density at radius 1 is 1.28 bits per heavy atom. The van der Waals surface area contributed by atoms with Gasteiger partial charge in [-0.1, -0.05) is 13.0 Å². The minimum Gasteiger partial charge on any atom is -0.493 e. The van der Waals surface area contributed by atoms with Gasteiger partial charge in [0.05, 0.1) is 13.2 Å². The van der Waals surface area contributed by atoms with Crippen molar-refractivity contribution >= 4 is 0 Å². The lowest BCUT2D eigenvalue weighted by Gasteiger charge is -2.18. The maximum atomic E-state index is 6.07. The zero-order valence-electron chi connectivity index (χ0n) is 11.3. The summed E-state index contributed by atoms with van der Waals surface area (Å²) in [6, 6.07) is 6.08. The highest BCUT2D eigenvalue weighted by Crippen LogP contribution is 2.33. The van der Waals surface area contributed by atoms with Crippen molar-refractivity contribution in [2.75, 3.05) is 7.11 Å². The smallest absolute Gasteiger partial charge is 0.161 e. The number of methoxy groups -OCH3 is 1. The molecule has 1 aliphatic rings. The van der Waals surface area contributed by atoms with Crippen molar-refractivity contribution in [1.29, 1.82) is 0 Å². The van der Waals surface area contributed by atoms with Crippen molar-refractivity contribution in [1.82, 2.24) is 0 Å². The van der Waals surface area contributed by atoms with Crippen molar-refractivity contribution in [3.05, 3.63) is 23.8 Å². The van der Waals surface area contributed by atoms with Crippen LogP contribution in [0, 0.1) is 0 Å². The normalized spacial score (nSPS) is 17.7. The Morgan fingerprint density at radius 3 is 2.61 bits per heavy atom. The van der Waals surface area contributed by atoms with E-state index in [-0.39, 0.29) is 6.04 Å². The molecule has 1 aromatic rings. The Morgan fingerprint density at radius 2 is 2.00 bits per heavy atom. The molecule has 0 saturated heterocycles. The van der Waals surface area contributed by atoms with E-state index in [4.69, 9.17) is 15.2 Å². The molecule has 3 heteroatoms. The van der Waals surface area contributed by atoms with Crippen LogP contribution in [0.15, 0.2) is 18.2 Å². The van der Waals surface area contributed by atoms with Crippen LogP contribution in [-0.2, 0) is 0 Å². The van der Waals surface area contributed by atoms with Gasteiger partial charge in [-0.15, -0.1) is 0 Å². The highest BCUT2D eigenvalue weighted by molar-refractivity contribution is 5.44. The minimum absolute atomic E-state index is 0.0711. The van der Waals surface area contributed by atoms with Gasteiger partial charge in [0, 0.05) is 6.04 Å². The molecule has 0 aromatic heterocycles. The Bertz CT molecular complexity index is 386. The summed E-state index contributed by atoms with van der Waals surface area (Å²) < 4.78 is 11.4. The zero-order chi connectivity index (χ0) is 13.0. The molecular formula is C15H23NO2. The van der Waals surface area contributed by atoms with E-state index in [0.717, 1.165) is 36.3 Å². The molecule has 0 aliphatic heterocycles. The van der Waals surface area contributed by atoms with Gasteiger partial charge in [-0.2, -0.15) is 0 Å². The molecule has 2 rings (SSSR count). The van der Waals surface area contributed by atoms with Gasteiger partial charge in [0.2, 0.25) is 0 Å². The Hall–Kier alpha value is -1.22. The van der Waals surface area contributed by atoms with Gasteiger partial charge in [-0.25, -0.2) is 0 Å². The number of hydrogen-bond donors (Lipinski definition) is 1. The molecule has 0 bridgehead atoms. The maximum absolute atomic E-state index is 6.07. The molecular weight excluding hydrogens is 226 g/mol. The van der Waals surface area contributed by atoms with Gasteiger partial charge < -0.3 is 15.2 Å². The third-order valence-corrected chi connectivity index (χ3v) is 3.65. The van der Waals surface area contributed by atoms with E-state index < -0.39 is 0 Å². The van der Waals surface area contributed by atoms with Crippen molar-refractivity contribution in [3.8, 4) is 11.5 Å². The summed E-state index contributed by atoms with van der Waals surface area (Å²) in [7, 11) is 1.68. The van der Waals surface area contributed by atoms with Gasteiger partial charge in [0.25, 0.3) is 0 Å². The van der Waals surface area contributed by atoms with E-state index in [1.165, 1.54) is 12.8 Å². The second kappa shape index (κ2) is 6.10. The molecule has 0 heterocycles. The standard InChI is InChI=1S/C15H23NO2/c1-3-13(16)11-8-9-14(17-2)15(10-11)18-12-6-4-5-7-12/h8-10,12-13H,3-7,16H2,1-2H3. The Balaban J connectivity index is 2.18. The summed E-state index contributed by atoms with van der Waals surface area (Å²) in [6.45, 7) is 2.09. The molecule has 1 atom stereocenters. The fraction of sp³-hybridized carbons (Fsp3) is 0.600. The van der Waals surface area contributed by atoms with Crippen LogP contribution in [0.1, 0.15) is 50.6 Å². The first kappa shape index (κ1) is 13.2. The van der Waals surface area contributed by atoms with E-state index in [2.05, 4.69) is 6.92 Å². The monoisotopic (exact) mass is 249 g/mol. The van der Waals surface area contributed by atoms with Crippen LogP contribution < -0.4 is 15.2 Å². The second-order valence-corrected chi connectivity index (χ2v) is 4.95. The molecule has 1 saturated carbocycles. The van der Waals surface area contributed by atoms with Crippen LogP contribution in [0.5, 0.6) is 11.5 Å². The number of nitrogens with two attached hydrogens (primary N) is 1. The molecule has 1 unspecified atom stereocenters. The summed E-state index contributed by atoms with van der Waals surface area (Å²) in [5.74, 6) is 1.64. The van der Waals surface area contributed by atoms with E-state index in [1.54, 1.807) is 7.11 Å². The maximum Gasteiger partial charge on any atom is 0.161 e. The summed E-state index contributed by atoms with van der Waals surface area (Å²) in [5, 5.41) is 0. The lowest BCUT2D eigenvalue weighted by atomic mass is 10.0. The lowest BCUT2D eigenvalue weighted by Crippen LogP contribution is -2.13. The third-order valence-electron chi connectivity index (χ3n) is 3.65. The van der Waals surface area contributed by atoms with Crippen LogP contribution in [-0.4, -0.2) is 13.2 Å². The van der Waals surface area contributed by atoms with E-state index >= 15 is 0 Å². The summed E-state index contributed by atoms with van der Waals surface area (Å²) in [6.07, 6.45) is 6.09. The van der Waals surface area contributed by atoms with Crippen LogP contribution in [0.3, 0.4) is 0 Å². The van der Waals surface area contributed by atoms with Crippen molar-refractivity contribution in [2.24, 2.45) is 5.73 Å². The first-order chi connectivity index (χ1) is 8.74. The average Bonchev–Trinajstić information content (AvgIpc) is 2.90. The molecule has 0 amide bonds. The molecule has 100 valence electrons. The predicted molar refractivity (Wildman–Crippen MR) is 73.1 cm³/mol. The number of ether oxygens (including phenoxy) is 2. The minimum atomic E-state index is 0.0711. The fourth-order valence-corrected chi connectivity index (χ4v) is 2.44. The first-order valence-corrected chi connectivity index (χ1v) is 6.84. The molecule has 0 spiro atoms. The van der Waals surface area contributed by atoms with Crippen LogP contribution in [0.4, 0.5) is 0 Å². The van der Waals surface area contributed by atoms with Gasteiger partial charge in [0.15, 0.2) is 11.5 Å². The van der Waals surface area contributed by atoms with Crippen molar-refractivity contribution in [2.45, 2.75) is 51.2 Å². The van der Waals surface area contributed by atoms with Crippen molar-refractivity contribution < 1.29 is 9.47 Å². The molecule has 1 fully saturated rings. The summed E-state index contributed by atoms with van der Waals surface area (Å²) in [5.41, 5.74) is 7.18. The Labute approximate surface area is 109 Å². The van der Waals surface area contributed by atoms with E-state index in [0.29, 0.717) is 6.10 Å². The average molecular weight is 249 g/mol. The van der Waals surface area contributed by atoms with Gasteiger partial charge >= 0.3 is 0 Å². The highest BCUT2D eigenvalue weighted by atomic mass is 16.5. The number of benzene rings is 1. The molecule has 18 heavy (non-hydrogen) atoms. The third kappa shape index (κ3) is 2.96. The first-order valence-electron chi connectivity index (χ1n) is 6.84. The van der Waals surface area contributed by atoms with Crippen molar-refractivity contribution in [3.63, 3.8) is 0 Å². The van der Waals surface area contributed by atoms with E-state index in [9.17, 15) is 0 Å². The van der Waals surface area contributed by atoms with Gasteiger partial charge in [-0.05, 0) is 49.8 Å². The molecule has 3 nitrogen and oxygen atoms in total. The predicted octanol–water partition coefficient (Wildman–Crippen LogP) is 3.43. The Kier molecular flexibility index (Phi) is 4.48. The zero-order valence-corrected chi connectivity index (χ0v) is 11.3. The highest BCUT2D eigenvalue weighted by Gasteiger charge is 2.19. The summed E-state index contributed by atoms with van der Waals surface area (Å²) in [4.78, 5) is 0. The van der Waals surface area contributed by atoms with E-state index in [1.807, 2.05) is 18.2 Å².